The van der Waals surface area contributed by atoms with E-state index in [1.807, 2.05) is 48.6 Å². The van der Waals surface area contributed by atoms with Gasteiger partial charge in [0.2, 0.25) is 0 Å². The normalized spacial score (nSPS) is 19.5. The molecule has 4 aromatic carbocycles. The van der Waals surface area contributed by atoms with E-state index in [9.17, 15) is 25.0 Å². The van der Waals surface area contributed by atoms with E-state index in [0.29, 0.717) is 35.3 Å². The van der Waals surface area contributed by atoms with Gasteiger partial charge in [0.15, 0.2) is 11.9 Å². The van der Waals surface area contributed by atoms with Crippen LogP contribution >= 0.6 is 0 Å². The molecule has 2 aromatic heterocycles. The molecule has 69 heavy (non-hydrogen) atoms. The second kappa shape index (κ2) is 19.9. The van der Waals surface area contributed by atoms with Crippen LogP contribution in [0.1, 0.15) is 58.4 Å². The first-order chi connectivity index (χ1) is 33.0. The van der Waals surface area contributed by atoms with Crippen molar-refractivity contribution in [1.29, 1.82) is 0 Å². The molecule has 6 heterocycles. The summed E-state index contributed by atoms with van der Waals surface area (Å²) >= 11 is 0. The largest absolute Gasteiger partial charge is 0.485 e. The average molecular weight is 939 g/mol. The number of hydrogen-bond donors (Lipinski definition) is 1. The summed E-state index contributed by atoms with van der Waals surface area (Å²) in [5, 5.41) is 26.1. The molecular formula is C52H62N10O7. The summed E-state index contributed by atoms with van der Waals surface area (Å²) in [5.41, 5.74) is 9.93. The molecule has 1 N–H and O–H groups in total. The molecule has 2 saturated heterocycles. The SMILES string of the molecule is Cc1c(C)c([N+](=O)[O-])c(C)c2c1OC(C)(C=O)C2.Cc1c(C)c([N+](=O)[O-])c(C)c2c1OC(C)(CN1CCN(c3ccc(-n4ccnc4)cc3)CC1)C2.c1cn(-c2ccc(N3CCNCC3)cc2)cn1. The lowest BCUT2D eigenvalue weighted by Gasteiger charge is -2.39. The number of piperazine rings is 2. The number of carbonyl (C=O) groups is 1. The van der Waals surface area contributed by atoms with Crippen LogP contribution < -0.4 is 24.6 Å². The molecule has 0 aliphatic carbocycles. The van der Waals surface area contributed by atoms with Gasteiger partial charge in [-0.1, -0.05) is 0 Å². The molecule has 17 heteroatoms. The minimum absolute atomic E-state index is 0.130. The minimum atomic E-state index is -0.903. The molecule has 362 valence electrons. The third-order valence-corrected chi connectivity index (χ3v) is 14.1. The molecule has 6 aromatic rings. The zero-order valence-corrected chi connectivity index (χ0v) is 40.8. The lowest BCUT2D eigenvalue weighted by atomic mass is 9.91. The van der Waals surface area contributed by atoms with Crippen molar-refractivity contribution in [3.8, 4) is 22.9 Å². The third-order valence-electron chi connectivity index (χ3n) is 14.1. The maximum Gasteiger partial charge on any atom is 0.275 e. The Morgan fingerprint density at radius 3 is 1.48 bits per heavy atom. The van der Waals surface area contributed by atoms with E-state index < -0.39 is 5.60 Å². The summed E-state index contributed by atoms with van der Waals surface area (Å²) in [5.74, 6) is 1.48. The van der Waals surface area contributed by atoms with Gasteiger partial charge in [-0.05, 0) is 104 Å². The number of imidazole rings is 2. The Labute approximate surface area is 403 Å². The highest BCUT2D eigenvalue weighted by atomic mass is 16.6. The highest BCUT2D eigenvalue weighted by molar-refractivity contribution is 5.71. The number of carbonyl (C=O) groups excluding carboxylic acids is 1. The molecule has 0 radical (unpaired) electrons. The number of hydrogen-bond acceptors (Lipinski definition) is 13. The highest BCUT2D eigenvalue weighted by Gasteiger charge is 2.42. The number of nitrogens with one attached hydrogen (secondary N) is 1. The van der Waals surface area contributed by atoms with Crippen LogP contribution in [0.3, 0.4) is 0 Å². The predicted molar refractivity (Wildman–Crippen MR) is 267 cm³/mol. The second-order valence-corrected chi connectivity index (χ2v) is 19.0. The Balaban J connectivity index is 0.000000154. The Morgan fingerprint density at radius 1 is 0.609 bits per heavy atom. The van der Waals surface area contributed by atoms with E-state index in [0.717, 1.165) is 110 Å². The van der Waals surface area contributed by atoms with Crippen LogP contribution in [-0.4, -0.2) is 110 Å². The van der Waals surface area contributed by atoms with Crippen LogP contribution in [0.15, 0.2) is 86.0 Å². The maximum atomic E-state index is 11.6. The summed E-state index contributed by atoms with van der Waals surface area (Å²) in [6.45, 7) is 23.6. The van der Waals surface area contributed by atoms with Crippen molar-refractivity contribution in [2.75, 3.05) is 68.7 Å². The molecule has 0 bridgehead atoms. The summed E-state index contributed by atoms with van der Waals surface area (Å²) in [6, 6.07) is 17.2. The number of ether oxygens (including phenoxy) is 2. The van der Waals surface area contributed by atoms with E-state index in [4.69, 9.17) is 9.47 Å². The average Bonchev–Trinajstić information content (AvgIpc) is 4.20. The summed E-state index contributed by atoms with van der Waals surface area (Å²) in [7, 11) is 0. The van der Waals surface area contributed by atoms with E-state index >= 15 is 0 Å². The zero-order valence-electron chi connectivity index (χ0n) is 40.8. The molecule has 2 atom stereocenters. The van der Waals surface area contributed by atoms with Gasteiger partial charge in [0, 0.05) is 164 Å². The number of rotatable bonds is 9. The number of anilines is 2. The number of nitro groups is 2. The van der Waals surface area contributed by atoms with Crippen molar-refractivity contribution in [3.05, 3.63) is 151 Å². The zero-order chi connectivity index (χ0) is 49.2. The fraction of sp³-hybridized carbons (Fsp3) is 0.404. The first-order valence-corrected chi connectivity index (χ1v) is 23.5. The molecule has 4 aliphatic heterocycles. The van der Waals surface area contributed by atoms with E-state index in [1.165, 1.54) is 11.4 Å². The summed E-state index contributed by atoms with van der Waals surface area (Å²) < 4.78 is 16.2. The van der Waals surface area contributed by atoms with Gasteiger partial charge in [-0.25, -0.2) is 9.97 Å². The first-order valence-electron chi connectivity index (χ1n) is 23.5. The molecular weight excluding hydrogens is 877 g/mol. The van der Waals surface area contributed by atoms with Gasteiger partial charge in [0.05, 0.1) is 22.5 Å². The van der Waals surface area contributed by atoms with Crippen LogP contribution in [0.5, 0.6) is 11.5 Å². The van der Waals surface area contributed by atoms with Crippen molar-refractivity contribution in [3.63, 3.8) is 0 Å². The number of aldehydes is 1. The molecule has 0 amide bonds. The number of fused-ring (bicyclic) bond motifs is 2. The Hall–Kier alpha value is -7.11. The molecule has 4 aliphatic rings. The standard InChI is InChI=1S/C26H31N5O3.C13H16N4.C13H15NO4/c1-18-19(2)25-23(20(3)24(18)31(32)33)15-26(4,34-25)16-28-11-13-29(14-12-28)21-5-7-22(8-6-21)30-10-9-27-17-30;1-3-13(17-10-7-15-11-17)4-2-12(1)16-8-5-14-6-9-16;1-7-8(2)12-10(5-13(4,6-15)18-12)9(3)11(7)14(16)17/h5-10,17H,11-16H2,1-4H3;1-4,7,10-11,14H,5-6,8-9H2;6H,5H2,1-4H3. The van der Waals surface area contributed by atoms with Crippen molar-refractivity contribution in [2.24, 2.45) is 0 Å². The number of aromatic nitrogens is 4. The van der Waals surface area contributed by atoms with Crippen LogP contribution in [0.4, 0.5) is 22.7 Å². The van der Waals surface area contributed by atoms with E-state index in [-0.39, 0.29) is 26.8 Å². The molecule has 0 saturated carbocycles. The summed E-state index contributed by atoms with van der Waals surface area (Å²) in [6.07, 6.45) is 13.0. The highest BCUT2D eigenvalue weighted by Crippen LogP contribution is 2.46. The summed E-state index contributed by atoms with van der Waals surface area (Å²) in [4.78, 5) is 48.7. The van der Waals surface area contributed by atoms with Gasteiger partial charge in [-0.3, -0.25) is 29.9 Å². The van der Waals surface area contributed by atoms with Gasteiger partial charge in [-0.15, -0.1) is 0 Å². The third kappa shape index (κ3) is 10.1. The molecule has 0 spiro atoms. The minimum Gasteiger partial charge on any atom is -0.485 e. The quantitative estimate of drug-likeness (QED) is 0.0841. The lowest BCUT2D eigenvalue weighted by molar-refractivity contribution is -0.386. The Kier molecular flexibility index (Phi) is 13.9. The van der Waals surface area contributed by atoms with Crippen LogP contribution in [0.2, 0.25) is 0 Å². The van der Waals surface area contributed by atoms with Crippen molar-refractivity contribution < 1.29 is 24.1 Å². The number of benzene rings is 4. The van der Waals surface area contributed by atoms with Crippen LogP contribution in [0, 0.1) is 61.8 Å². The smallest absolute Gasteiger partial charge is 0.275 e. The number of nitro benzene ring substituents is 2. The van der Waals surface area contributed by atoms with E-state index in [2.05, 4.69) is 85.4 Å². The second-order valence-electron chi connectivity index (χ2n) is 19.0. The lowest BCUT2D eigenvalue weighted by Crippen LogP contribution is -2.52. The van der Waals surface area contributed by atoms with Gasteiger partial charge < -0.3 is 33.7 Å². The predicted octanol–water partition coefficient (Wildman–Crippen LogP) is 7.92. The fourth-order valence-electron chi connectivity index (χ4n) is 10.1. The first kappa shape index (κ1) is 48.4. The molecule has 2 unspecified atom stereocenters. The Morgan fingerprint density at radius 2 is 1.04 bits per heavy atom. The van der Waals surface area contributed by atoms with Crippen molar-refractivity contribution in [1.82, 2.24) is 29.3 Å². The Bertz CT molecular complexity index is 2820. The topological polar surface area (TPSA) is 179 Å². The van der Waals surface area contributed by atoms with Crippen LogP contribution in [-0.2, 0) is 17.6 Å². The maximum absolute atomic E-state index is 11.6. The van der Waals surface area contributed by atoms with Gasteiger partial charge in [-0.2, -0.15) is 0 Å². The molecule has 10 rings (SSSR count). The molecule has 17 nitrogen and oxygen atoms in total. The van der Waals surface area contributed by atoms with Gasteiger partial charge in [0.1, 0.15) is 17.1 Å². The van der Waals surface area contributed by atoms with Crippen LogP contribution in [0.25, 0.3) is 11.4 Å². The monoisotopic (exact) mass is 938 g/mol. The van der Waals surface area contributed by atoms with Gasteiger partial charge >= 0.3 is 0 Å². The van der Waals surface area contributed by atoms with Crippen molar-refractivity contribution in [2.45, 2.75) is 79.4 Å². The fourth-order valence-corrected chi connectivity index (χ4v) is 10.1. The number of nitrogens with zero attached hydrogens (tertiary/aromatic N) is 9. The van der Waals surface area contributed by atoms with Crippen molar-refractivity contribution >= 4 is 29.0 Å². The van der Waals surface area contributed by atoms with E-state index in [1.54, 1.807) is 46.4 Å². The van der Waals surface area contributed by atoms with Gasteiger partial charge in [0.25, 0.3) is 11.4 Å². The molecule has 2 fully saturated rings.